The van der Waals surface area contributed by atoms with Gasteiger partial charge in [-0.3, -0.25) is 4.68 Å². The highest BCUT2D eigenvalue weighted by Crippen LogP contribution is 2.09. The number of rotatable bonds is 5. The summed E-state index contributed by atoms with van der Waals surface area (Å²) in [7, 11) is 1.92. The fourth-order valence-electron chi connectivity index (χ4n) is 2.00. The molecule has 0 radical (unpaired) electrons. The van der Waals surface area contributed by atoms with Crippen molar-refractivity contribution in [1.29, 1.82) is 0 Å². The molecule has 0 aliphatic rings. The highest BCUT2D eigenvalue weighted by atomic mass is 19.1. The molecule has 0 fully saturated rings. The average molecular weight is 247 g/mol. The third kappa shape index (κ3) is 2.96. The fourth-order valence-corrected chi connectivity index (χ4v) is 2.00. The van der Waals surface area contributed by atoms with Crippen molar-refractivity contribution in [2.75, 3.05) is 0 Å². The molecule has 0 saturated heterocycles. The monoisotopic (exact) mass is 247 g/mol. The standard InChI is InChI=1S/C14H18FN3/c1-3-14-12(10-18(2)17-14)9-16-8-11-6-4-5-7-13(11)15/h4-7,10,16H,3,8-9H2,1-2H3. The molecule has 0 atom stereocenters. The van der Waals surface area contributed by atoms with Gasteiger partial charge in [-0.2, -0.15) is 5.10 Å². The molecule has 2 rings (SSSR count). The van der Waals surface area contributed by atoms with Crippen molar-refractivity contribution in [2.24, 2.45) is 7.05 Å². The van der Waals surface area contributed by atoms with Crippen LogP contribution in [0.3, 0.4) is 0 Å². The quantitative estimate of drug-likeness (QED) is 0.879. The predicted molar refractivity (Wildman–Crippen MR) is 69.5 cm³/mol. The van der Waals surface area contributed by atoms with E-state index in [9.17, 15) is 4.39 Å². The van der Waals surface area contributed by atoms with Crippen LogP contribution < -0.4 is 5.32 Å². The lowest BCUT2D eigenvalue weighted by molar-refractivity contribution is 0.587. The van der Waals surface area contributed by atoms with E-state index in [1.165, 1.54) is 11.6 Å². The molecule has 0 amide bonds. The van der Waals surface area contributed by atoms with Crippen molar-refractivity contribution in [3.63, 3.8) is 0 Å². The molecule has 3 nitrogen and oxygen atoms in total. The normalized spacial score (nSPS) is 10.8. The topological polar surface area (TPSA) is 29.9 Å². The molecular formula is C14H18FN3. The van der Waals surface area contributed by atoms with E-state index in [1.807, 2.05) is 24.0 Å². The summed E-state index contributed by atoms with van der Waals surface area (Å²) in [5.74, 6) is -0.160. The lowest BCUT2D eigenvalue weighted by Gasteiger charge is -2.05. The van der Waals surface area contributed by atoms with Crippen LogP contribution in [0, 0.1) is 5.82 Å². The van der Waals surface area contributed by atoms with Crippen LogP contribution in [0.1, 0.15) is 23.7 Å². The fraction of sp³-hybridized carbons (Fsp3) is 0.357. The number of hydrogen-bond donors (Lipinski definition) is 1. The maximum Gasteiger partial charge on any atom is 0.127 e. The van der Waals surface area contributed by atoms with Gasteiger partial charge in [-0.05, 0) is 12.5 Å². The summed E-state index contributed by atoms with van der Waals surface area (Å²) >= 11 is 0. The molecule has 1 heterocycles. The van der Waals surface area contributed by atoms with Gasteiger partial charge in [0, 0.05) is 37.5 Å². The Balaban J connectivity index is 1.94. The van der Waals surface area contributed by atoms with E-state index in [1.54, 1.807) is 12.1 Å². The summed E-state index contributed by atoms with van der Waals surface area (Å²) < 4.78 is 15.2. The van der Waals surface area contributed by atoms with Gasteiger partial charge in [0.05, 0.1) is 5.69 Å². The second-order valence-corrected chi connectivity index (χ2v) is 4.32. The molecule has 0 aliphatic carbocycles. The van der Waals surface area contributed by atoms with Crippen LogP contribution in [0.15, 0.2) is 30.5 Å². The van der Waals surface area contributed by atoms with E-state index < -0.39 is 0 Å². The smallest absolute Gasteiger partial charge is 0.127 e. The molecule has 1 aromatic carbocycles. The number of halogens is 1. The van der Waals surface area contributed by atoms with Crippen molar-refractivity contribution in [3.05, 3.63) is 53.1 Å². The molecule has 2 aromatic rings. The molecule has 0 unspecified atom stereocenters. The Labute approximate surface area is 107 Å². The summed E-state index contributed by atoms with van der Waals surface area (Å²) in [6.45, 7) is 3.33. The predicted octanol–water partition coefficient (Wildman–Crippen LogP) is 2.41. The van der Waals surface area contributed by atoms with Crippen molar-refractivity contribution in [2.45, 2.75) is 26.4 Å². The average Bonchev–Trinajstić information content (AvgIpc) is 2.72. The number of aromatic nitrogens is 2. The van der Waals surface area contributed by atoms with Crippen molar-refractivity contribution >= 4 is 0 Å². The van der Waals surface area contributed by atoms with Crippen LogP contribution >= 0.6 is 0 Å². The van der Waals surface area contributed by atoms with Gasteiger partial charge in [0.15, 0.2) is 0 Å². The maximum absolute atomic E-state index is 13.4. The highest BCUT2D eigenvalue weighted by molar-refractivity contribution is 5.19. The Morgan fingerprint density at radius 3 is 2.67 bits per heavy atom. The molecule has 4 heteroatoms. The number of benzene rings is 1. The summed E-state index contributed by atoms with van der Waals surface area (Å²) in [4.78, 5) is 0. The SMILES string of the molecule is CCc1nn(C)cc1CNCc1ccccc1F. The Morgan fingerprint density at radius 2 is 1.94 bits per heavy atom. The van der Waals surface area contributed by atoms with Gasteiger partial charge in [-0.15, -0.1) is 0 Å². The molecule has 0 bridgehead atoms. The second-order valence-electron chi connectivity index (χ2n) is 4.32. The minimum Gasteiger partial charge on any atom is -0.308 e. The highest BCUT2D eigenvalue weighted by Gasteiger charge is 2.06. The van der Waals surface area contributed by atoms with E-state index in [4.69, 9.17) is 0 Å². The van der Waals surface area contributed by atoms with Gasteiger partial charge in [0.2, 0.25) is 0 Å². The first-order chi connectivity index (χ1) is 8.70. The van der Waals surface area contributed by atoms with Crippen LogP contribution in [-0.2, 0) is 26.6 Å². The number of aryl methyl sites for hydroxylation is 2. The van der Waals surface area contributed by atoms with E-state index in [-0.39, 0.29) is 5.82 Å². The summed E-state index contributed by atoms with van der Waals surface area (Å²) in [5.41, 5.74) is 2.97. The minimum atomic E-state index is -0.160. The third-order valence-electron chi connectivity index (χ3n) is 2.92. The molecular weight excluding hydrogens is 229 g/mol. The number of nitrogens with one attached hydrogen (secondary N) is 1. The first-order valence-corrected chi connectivity index (χ1v) is 6.16. The van der Waals surface area contributed by atoms with Crippen molar-refractivity contribution in [3.8, 4) is 0 Å². The number of nitrogens with zero attached hydrogens (tertiary/aromatic N) is 2. The molecule has 0 saturated carbocycles. The molecule has 0 aliphatic heterocycles. The largest absolute Gasteiger partial charge is 0.308 e. The van der Waals surface area contributed by atoms with Gasteiger partial charge in [0.1, 0.15) is 5.82 Å². The van der Waals surface area contributed by atoms with Gasteiger partial charge in [-0.1, -0.05) is 25.1 Å². The lowest BCUT2D eigenvalue weighted by Crippen LogP contribution is -2.14. The summed E-state index contributed by atoms with van der Waals surface area (Å²) in [6, 6.07) is 6.83. The molecule has 1 N–H and O–H groups in total. The first kappa shape index (κ1) is 12.8. The summed E-state index contributed by atoms with van der Waals surface area (Å²) in [6.07, 6.45) is 2.92. The van der Waals surface area contributed by atoms with E-state index >= 15 is 0 Å². The van der Waals surface area contributed by atoms with Crippen LogP contribution in [0.4, 0.5) is 4.39 Å². The lowest BCUT2D eigenvalue weighted by atomic mass is 10.2. The van der Waals surface area contributed by atoms with Crippen LogP contribution in [-0.4, -0.2) is 9.78 Å². The zero-order chi connectivity index (χ0) is 13.0. The van der Waals surface area contributed by atoms with Crippen LogP contribution in [0.25, 0.3) is 0 Å². The Morgan fingerprint density at radius 1 is 1.22 bits per heavy atom. The second kappa shape index (κ2) is 5.78. The van der Waals surface area contributed by atoms with Crippen LogP contribution in [0.5, 0.6) is 0 Å². The van der Waals surface area contributed by atoms with Gasteiger partial charge < -0.3 is 5.32 Å². The van der Waals surface area contributed by atoms with Crippen LogP contribution in [0.2, 0.25) is 0 Å². The van der Waals surface area contributed by atoms with E-state index in [2.05, 4.69) is 17.3 Å². The summed E-state index contributed by atoms with van der Waals surface area (Å²) in [5, 5.41) is 7.63. The zero-order valence-electron chi connectivity index (χ0n) is 10.8. The van der Waals surface area contributed by atoms with Gasteiger partial charge >= 0.3 is 0 Å². The first-order valence-electron chi connectivity index (χ1n) is 6.16. The van der Waals surface area contributed by atoms with Crippen molar-refractivity contribution < 1.29 is 4.39 Å². The van der Waals surface area contributed by atoms with Gasteiger partial charge in [-0.25, -0.2) is 4.39 Å². The van der Waals surface area contributed by atoms with Crippen molar-refractivity contribution in [1.82, 2.24) is 15.1 Å². The zero-order valence-corrected chi connectivity index (χ0v) is 10.8. The number of hydrogen-bond acceptors (Lipinski definition) is 2. The van der Waals surface area contributed by atoms with E-state index in [0.717, 1.165) is 12.1 Å². The maximum atomic E-state index is 13.4. The molecule has 1 aromatic heterocycles. The third-order valence-corrected chi connectivity index (χ3v) is 2.92. The van der Waals surface area contributed by atoms with E-state index in [0.29, 0.717) is 18.7 Å². The molecule has 0 spiro atoms. The Kier molecular flexibility index (Phi) is 4.10. The Bertz CT molecular complexity index is 520. The molecule has 96 valence electrons. The van der Waals surface area contributed by atoms with Gasteiger partial charge in [0.25, 0.3) is 0 Å². The Hall–Kier alpha value is -1.68. The minimum absolute atomic E-state index is 0.160. The molecule has 18 heavy (non-hydrogen) atoms.